The Morgan fingerprint density at radius 1 is 0.167 bits per heavy atom. The van der Waals surface area contributed by atoms with E-state index in [2.05, 4.69) is 424 Å². The van der Waals surface area contributed by atoms with Crippen LogP contribution in [0, 0.1) is 104 Å². The second-order valence-electron chi connectivity index (χ2n) is 33.1. The van der Waals surface area contributed by atoms with Gasteiger partial charge in [-0.3, -0.25) is 0 Å². The van der Waals surface area contributed by atoms with Gasteiger partial charge in [-0.25, -0.2) is 0 Å². The molecule has 6 nitrogen and oxygen atoms in total. The maximum Gasteiger partial charge on any atom is 0.252 e. The van der Waals surface area contributed by atoms with Gasteiger partial charge in [-0.2, -0.15) is 0 Å². The van der Waals surface area contributed by atoms with E-state index in [1.54, 1.807) is 0 Å². The van der Waals surface area contributed by atoms with Crippen molar-refractivity contribution in [1.29, 1.82) is 0 Å². The number of rotatable bonds is 6. The van der Waals surface area contributed by atoms with Gasteiger partial charge in [-0.05, 0) is 348 Å². The largest absolute Gasteiger partial charge is 0.311 e. The minimum absolute atomic E-state index is 0.173. The second kappa shape index (κ2) is 27.9. The molecule has 6 heterocycles. The molecule has 0 unspecified atom stereocenters. The van der Waals surface area contributed by atoms with Crippen LogP contribution in [0.5, 0.6) is 0 Å². The molecule has 0 saturated heterocycles. The molecule has 0 spiro atoms. The lowest BCUT2D eigenvalue weighted by atomic mass is 9.33. The first-order valence-electron chi connectivity index (χ1n) is 40.5. The Hall–Kier alpha value is -12.7. The molecule has 21 rings (SSSR count). The van der Waals surface area contributed by atoms with Gasteiger partial charge in [0, 0.05) is 102 Å². The number of aryl methyl sites for hydroxylation is 14. The maximum atomic E-state index is 2.52. The van der Waals surface area contributed by atoms with Crippen molar-refractivity contribution in [3.05, 3.63) is 375 Å². The van der Waals surface area contributed by atoms with Crippen LogP contribution in [0.3, 0.4) is 0 Å². The van der Waals surface area contributed by atoms with Crippen LogP contribution in [-0.2, 0) is 0 Å². The van der Waals surface area contributed by atoms with Gasteiger partial charge >= 0.3 is 0 Å². The fourth-order valence-corrected chi connectivity index (χ4v) is 19.5. The summed E-state index contributed by atoms with van der Waals surface area (Å²) in [5.74, 6) is 0. The van der Waals surface area contributed by atoms with Crippen molar-refractivity contribution in [2.24, 2.45) is 0 Å². The van der Waals surface area contributed by atoms with Crippen molar-refractivity contribution in [2.75, 3.05) is 29.4 Å². The van der Waals surface area contributed by atoms with Crippen LogP contribution >= 0.6 is 0 Å². The highest BCUT2D eigenvalue weighted by Crippen LogP contribution is 2.50. The standard InChI is InChI=1S/C36H33BN2.C35H31BN2.C34H29BN2/c1-22-11-15-28(16-12-22)38-33-17-13-23(2)19-31(33)37-30-9-7-8-10-32(30)39(29-20-25(4)27(6)26(5)21-29)36-24(3)14-18-34(38)35(36)37;1-22-10-14-27(15-11-22)37-32-16-12-23(2)21-30(32)36-29-8-6-7-9-31(29)38(28-19-24(3)18-25(4)20-28)35-26(5)13-17-33(37)34(35)36;1-22-8-5-10-26(18-22)36-30-12-7-13-31-34(30)35(28-16-14-24(3)20-32(28)36)29-17-15-25(4)21-33(29)37(31)27-11-6-9-23(2)19-27/h7-21H,1-6H3;6-21H,1-5H3;5-21H,1-4H3. The van der Waals surface area contributed by atoms with E-state index in [-0.39, 0.29) is 20.1 Å². The molecule has 15 aromatic rings. The van der Waals surface area contributed by atoms with Gasteiger partial charge in [0.2, 0.25) is 0 Å². The molecular weight excluding hydrogens is 1380 g/mol. The average molecular weight is 1470 g/mol. The molecule has 6 aliphatic rings. The average Bonchev–Trinajstić information content (AvgIpc) is 0.711. The number of hydrogen-bond donors (Lipinski definition) is 0. The Labute approximate surface area is 675 Å². The fourth-order valence-electron chi connectivity index (χ4n) is 19.5. The number of anilines is 18. The first kappa shape index (κ1) is 71.6. The molecule has 9 heteroatoms. The van der Waals surface area contributed by atoms with Gasteiger partial charge in [-0.1, -0.05) is 180 Å². The van der Waals surface area contributed by atoms with Gasteiger partial charge in [0.05, 0.1) is 0 Å². The molecule has 0 atom stereocenters. The molecule has 0 fully saturated rings. The van der Waals surface area contributed by atoms with Crippen molar-refractivity contribution in [1.82, 2.24) is 0 Å². The molecule has 0 radical (unpaired) electrons. The summed E-state index contributed by atoms with van der Waals surface area (Å²) in [5.41, 5.74) is 54.3. The molecule has 552 valence electrons. The summed E-state index contributed by atoms with van der Waals surface area (Å²) in [7, 11) is 0. The summed E-state index contributed by atoms with van der Waals surface area (Å²) >= 11 is 0. The molecular formula is C105H93B3N6. The number of nitrogens with zero attached hydrogens (tertiary/aromatic N) is 6. The summed E-state index contributed by atoms with van der Waals surface area (Å²) in [4.78, 5) is 14.9. The van der Waals surface area contributed by atoms with Crippen molar-refractivity contribution >= 4 is 172 Å². The first-order valence-corrected chi connectivity index (χ1v) is 40.5. The lowest BCUT2D eigenvalue weighted by Crippen LogP contribution is -2.61. The number of fused-ring (bicyclic) bond motifs is 12. The highest BCUT2D eigenvalue weighted by Gasteiger charge is 2.48. The van der Waals surface area contributed by atoms with Gasteiger partial charge in [0.25, 0.3) is 20.1 Å². The summed E-state index contributed by atoms with van der Waals surface area (Å²) in [5, 5.41) is 0. The molecule has 0 N–H and O–H groups in total. The molecule has 0 bridgehead atoms. The maximum absolute atomic E-state index is 2.52. The van der Waals surface area contributed by atoms with Crippen LogP contribution in [-0.4, -0.2) is 20.1 Å². The van der Waals surface area contributed by atoms with Crippen LogP contribution in [0.1, 0.15) is 83.5 Å². The minimum atomic E-state index is 0.173. The third kappa shape index (κ3) is 11.8. The van der Waals surface area contributed by atoms with E-state index < -0.39 is 0 Å². The zero-order valence-electron chi connectivity index (χ0n) is 68.1. The van der Waals surface area contributed by atoms with Crippen molar-refractivity contribution < 1.29 is 0 Å². The summed E-state index contributed by atoms with van der Waals surface area (Å²) < 4.78 is 0. The van der Waals surface area contributed by atoms with Crippen LogP contribution in [0.4, 0.5) is 102 Å². The van der Waals surface area contributed by atoms with Crippen molar-refractivity contribution in [3.63, 3.8) is 0 Å². The highest BCUT2D eigenvalue weighted by atomic mass is 15.2. The topological polar surface area (TPSA) is 19.4 Å². The normalized spacial score (nSPS) is 13.2. The summed E-state index contributed by atoms with van der Waals surface area (Å²) in [6.07, 6.45) is 0. The zero-order chi connectivity index (χ0) is 78.4. The molecule has 0 aliphatic carbocycles. The smallest absolute Gasteiger partial charge is 0.252 e. The molecule has 0 amide bonds. The SMILES string of the molecule is Cc1ccc(N2c3ccc(C)cc3B3c4ccccc4N(c4cc(C)c(C)c(C)c4)c4c(C)ccc2c43)cc1.Cc1ccc(N2c3ccc(C)cc3B3c4ccccc4N(c4cc(C)cc(C)c4)c4c(C)ccc2c43)cc1.Cc1cccc(N2c3cc(C)ccc3B3c4ccc(C)cc4N(c4cccc(C)c4)c4cccc2c43)c1. The molecule has 15 aromatic carbocycles. The number of para-hydroxylation sites is 2. The Balaban J connectivity index is 0.000000115. The van der Waals surface area contributed by atoms with Gasteiger partial charge in [0.15, 0.2) is 0 Å². The van der Waals surface area contributed by atoms with Crippen molar-refractivity contribution in [2.45, 2.75) is 104 Å². The summed E-state index contributed by atoms with van der Waals surface area (Å²) in [6.45, 7) is 33.6. The second-order valence-corrected chi connectivity index (χ2v) is 33.1. The Morgan fingerprint density at radius 3 is 0.921 bits per heavy atom. The minimum Gasteiger partial charge on any atom is -0.311 e. The monoisotopic (exact) mass is 1470 g/mol. The third-order valence-electron chi connectivity index (χ3n) is 24.8. The lowest BCUT2D eigenvalue weighted by Gasteiger charge is -2.45. The van der Waals surface area contributed by atoms with E-state index in [1.165, 1.54) is 235 Å². The molecule has 6 aliphatic heterocycles. The molecule has 0 aromatic heterocycles. The predicted molar refractivity (Wildman–Crippen MR) is 492 cm³/mol. The van der Waals surface area contributed by atoms with Gasteiger partial charge in [-0.15, -0.1) is 0 Å². The zero-order valence-corrected chi connectivity index (χ0v) is 68.1. The fraction of sp³-hybridized carbons (Fsp3) is 0.143. The van der Waals surface area contributed by atoms with Gasteiger partial charge < -0.3 is 29.4 Å². The quantitative estimate of drug-likeness (QED) is 0.153. The number of benzene rings is 15. The van der Waals surface area contributed by atoms with Crippen LogP contribution in [0.25, 0.3) is 0 Å². The van der Waals surface area contributed by atoms with E-state index >= 15 is 0 Å². The van der Waals surface area contributed by atoms with E-state index in [9.17, 15) is 0 Å². The molecule has 0 saturated carbocycles. The highest BCUT2D eigenvalue weighted by molar-refractivity contribution is 7.02. The first-order chi connectivity index (χ1) is 55.2. The Kier molecular flexibility index (Phi) is 17.5. The van der Waals surface area contributed by atoms with Gasteiger partial charge in [0.1, 0.15) is 0 Å². The van der Waals surface area contributed by atoms with Crippen molar-refractivity contribution in [3.8, 4) is 0 Å². The Morgan fingerprint density at radius 2 is 0.482 bits per heavy atom. The third-order valence-corrected chi connectivity index (χ3v) is 24.8. The Bertz CT molecular complexity index is 6290. The van der Waals surface area contributed by atoms with E-state index in [0.717, 1.165) is 0 Å². The van der Waals surface area contributed by atoms with Crippen LogP contribution < -0.4 is 78.6 Å². The van der Waals surface area contributed by atoms with Crippen LogP contribution in [0.15, 0.2) is 291 Å². The van der Waals surface area contributed by atoms with Crippen LogP contribution in [0.2, 0.25) is 0 Å². The van der Waals surface area contributed by atoms with E-state index in [4.69, 9.17) is 0 Å². The molecule has 114 heavy (non-hydrogen) atoms. The van der Waals surface area contributed by atoms with E-state index in [0.29, 0.717) is 0 Å². The lowest BCUT2D eigenvalue weighted by molar-refractivity contribution is 1.20. The van der Waals surface area contributed by atoms with E-state index in [1.807, 2.05) is 0 Å². The predicted octanol–water partition coefficient (Wildman–Crippen LogP) is 21.9. The summed E-state index contributed by atoms with van der Waals surface area (Å²) in [6, 6.07) is 109. The number of hydrogen-bond acceptors (Lipinski definition) is 6.